The summed E-state index contributed by atoms with van der Waals surface area (Å²) < 4.78 is 0. The average molecular weight is 550 g/mol. The Hall–Kier alpha value is -3.06. The topological polar surface area (TPSA) is 61.5 Å². The number of H-pyrrole nitrogens is 2. The van der Waals surface area contributed by atoms with E-state index in [0.29, 0.717) is 29.7 Å². The van der Waals surface area contributed by atoms with Gasteiger partial charge in [0.05, 0.1) is 17.6 Å². The minimum absolute atomic E-state index is 0.284. The predicted octanol–water partition coefficient (Wildman–Crippen LogP) is 6.46. The molecule has 214 valence electrons. The summed E-state index contributed by atoms with van der Waals surface area (Å²) in [6.45, 7) is 8.70. The van der Waals surface area contributed by atoms with E-state index in [1.54, 1.807) is 0 Å². The number of aromatic nitrogens is 2. The van der Waals surface area contributed by atoms with Crippen LogP contribution in [0.25, 0.3) is 21.8 Å². The molecule has 4 aliphatic heterocycles. The molecule has 0 bridgehead atoms. The van der Waals surface area contributed by atoms with E-state index in [1.807, 2.05) is 6.07 Å². The molecule has 2 saturated heterocycles. The van der Waals surface area contributed by atoms with Crippen LogP contribution in [0, 0.1) is 11.8 Å². The molecule has 2 fully saturated rings. The number of piperidine rings is 1. The Balaban J connectivity index is 1.15. The Morgan fingerprint density at radius 2 is 1.76 bits per heavy atom. The molecule has 0 spiro atoms. The van der Waals surface area contributed by atoms with Crippen LogP contribution in [-0.4, -0.2) is 70.0 Å². The summed E-state index contributed by atoms with van der Waals surface area (Å²) in [5.74, 6) is 1.49. The summed E-state index contributed by atoms with van der Waals surface area (Å²) >= 11 is 0. The number of nitrogens with one attached hydrogen (secondary N) is 2. The number of hydrogen-bond donors (Lipinski definition) is 3. The summed E-state index contributed by atoms with van der Waals surface area (Å²) in [5, 5.41) is 13.8. The molecule has 4 aliphatic rings. The van der Waals surface area contributed by atoms with E-state index in [2.05, 4.69) is 81.7 Å². The number of likely N-dealkylation sites (tertiary alicyclic amines) is 1. The monoisotopic (exact) mass is 549 g/mol. The van der Waals surface area contributed by atoms with Crippen molar-refractivity contribution in [3.63, 3.8) is 0 Å². The molecule has 41 heavy (non-hydrogen) atoms. The fourth-order valence-electron chi connectivity index (χ4n) is 9.04. The average Bonchev–Trinajstić information content (AvgIpc) is 3.69. The van der Waals surface area contributed by atoms with Crippen molar-refractivity contribution in [1.82, 2.24) is 24.7 Å². The number of para-hydroxylation sites is 1. The van der Waals surface area contributed by atoms with Gasteiger partial charge in [-0.3, -0.25) is 14.7 Å². The second-order valence-electron chi connectivity index (χ2n) is 13.3. The van der Waals surface area contributed by atoms with Crippen molar-refractivity contribution in [2.45, 2.75) is 56.7 Å². The van der Waals surface area contributed by atoms with E-state index >= 15 is 0 Å². The van der Waals surface area contributed by atoms with Crippen LogP contribution in [0.5, 0.6) is 5.75 Å². The van der Waals surface area contributed by atoms with E-state index in [9.17, 15) is 5.11 Å². The Morgan fingerprint density at radius 1 is 0.927 bits per heavy atom. The molecule has 0 radical (unpaired) electrons. The van der Waals surface area contributed by atoms with Gasteiger partial charge in [-0.1, -0.05) is 24.3 Å². The lowest BCUT2D eigenvalue weighted by atomic mass is 9.74. The maximum Gasteiger partial charge on any atom is 0.122 e. The molecule has 0 saturated carbocycles. The van der Waals surface area contributed by atoms with Crippen molar-refractivity contribution >= 4 is 21.8 Å². The number of phenols is 1. The standard InChI is InChI=1S/C35H43N5O/c1-4-21-20-40-17-14-26-24-11-12-31(41)32(28-10-7-15-38(28)2)35(24)37-34(26)30(40)19-22(21)18-29-33-25(13-16-39(29)3)23-8-5-6-9-27(23)36-33/h4-6,8-9,11-12,21-22,28-30,36-37,41H,1,7,10,13-20H2,2-3H3/t21-,22-,28?,29-,30-/m0/s1. The first kappa shape index (κ1) is 25.6. The number of phenolic OH excluding ortho intramolecular Hbond substituents is 1. The second kappa shape index (κ2) is 9.75. The van der Waals surface area contributed by atoms with Crippen LogP contribution in [0.3, 0.4) is 0 Å². The molecule has 2 aromatic carbocycles. The van der Waals surface area contributed by atoms with Crippen molar-refractivity contribution < 1.29 is 5.11 Å². The molecule has 0 amide bonds. The Bertz CT molecular complexity index is 1630. The summed E-state index contributed by atoms with van der Waals surface area (Å²) in [6.07, 6.45) is 8.99. The number of likely N-dealkylation sites (N-methyl/N-ethyl adjacent to an activating group) is 1. The Labute approximate surface area is 243 Å². The Kier molecular flexibility index (Phi) is 6.10. The highest BCUT2D eigenvalue weighted by atomic mass is 16.3. The summed E-state index contributed by atoms with van der Waals surface area (Å²) in [5.41, 5.74) is 9.38. The maximum atomic E-state index is 11.1. The van der Waals surface area contributed by atoms with E-state index < -0.39 is 0 Å². The highest BCUT2D eigenvalue weighted by Gasteiger charge is 2.42. The van der Waals surface area contributed by atoms with E-state index in [-0.39, 0.29) is 6.04 Å². The van der Waals surface area contributed by atoms with Gasteiger partial charge in [-0.15, -0.1) is 6.58 Å². The van der Waals surface area contributed by atoms with Gasteiger partial charge < -0.3 is 15.1 Å². The van der Waals surface area contributed by atoms with Crippen LogP contribution in [0.4, 0.5) is 0 Å². The van der Waals surface area contributed by atoms with E-state index in [1.165, 1.54) is 50.7 Å². The molecule has 4 aromatic rings. The highest BCUT2D eigenvalue weighted by molar-refractivity contribution is 5.90. The zero-order valence-electron chi connectivity index (χ0n) is 24.5. The number of aromatic amines is 2. The van der Waals surface area contributed by atoms with Crippen molar-refractivity contribution in [1.29, 1.82) is 0 Å². The maximum absolute atomic E-state index is 11.1. The van der Waals surface area contributed by atoms with Crippen LogP contribution in [0.1, 0.15) is 71.9 Å². The number of rotatable bonds is 4. The largest absolute Gasteiger partial charge is 0.508 e. The van der Waals surface area contributed by atoms with Gasteiger partial charge in [0, 0.05) is 58.9 Å². The third-order valence-corrected chi connectivity index (χ3v) is 11.2. The fourth-order valence-corrected chi connectivity index (χ4v) is 9.04. The molecular formula is C35H43N5O. The third-order valence-electron chi connectivity index (χ3n) is 11.2. The lowest BCUT2D eigenvalue weighted by Crippen LogP contribution is -2.46. The van der Waals surface area contributed by atoms with Crippen LogP contribution in [-0.2, 0) is 12.8 Å². The lowest BCUT2D eigenvalue weighted by molar-refractivity contribution is 0.0515. The highest BCUT2D eigenvalue weighted by Crippen LogP contribution is 2.49. The van der Waals surface area contributed by atoms with Crippen LogP contribution in [0.2, 0.25) is 0 Å². The number of nitrogens with zero attached hydrogens (tertiary/aromatic N) is 3. The first-order chi connectivity index (χ1) is 20.0. The van der Waals surface area contributed by atoms with Gasteiger partial charge in [-0.25, -0.2) is 0 Å². The minimum atomic E-state index is 0.284. The lowest BCUT2D eigenvalue weighted by Gasteiger charge is -2.47. The Morgan fingerprint density at radius 3 is 2.59 bits per heavy atom. The van der Waals surface area contributed by atoms with Gasteiger partial charge in [-0.2, -0.15) is 0 Å². The summed E-state index contributed by atoms with van der Waals surface area (Å²) in [6, 6.07) is 14.0. The quantitative estimate of drug-likeness (QED) is 0.256. The van der Waals surface area contributed by atoms with Crippen molar-refractivity contribution in [3.05, 3.63) is 77.1 Å². The van der Waals surface area contributed by atoms with Gasteiger partial charge in [0.25, 0.3) is 0 Å². The molecule has 1 unspecified atom stereocenters. The van der Waals surface area contributed by atoms with Gasteiger partial charge >= 0.3 is 0 Å². The van der Waals surface area contributed by atoms with Crippen LogP contribution in [0.15, 0.2) is 49.1 Å². The normalized spacial score (nSPS) is 29.1. The van der Waals surface area contributed by atoms with Gasteiger partial charge in [0.2, 0.25) is 0 Å². The van der Waals surface area contributed by atoms with Gasteiger partial charge in [0.15, 0.2) is 0 Å². The first-order valence-electron chi connectivity index (χ1n) is 15.7. The zero-order chi connectivity index (χ0) is 27.8. The molecule has 6 heterocycles. The number of aromatic hydroxyl groups is 1. The first-order valence-corrected chi connectivity index (χ1v) is 15.7. The van der Waals surface area contributed by atoms with Crippen LogP contribution >= 0.6 is 0 Å². The predicted molar refractivity (Wildman–Crippen MR) is 166 cm³/mol. The van der Waals surface area contributed by atoms with Crippen molar-refractivity contribution in [3.8, 4) is 5.75 Å². The SMILES string of the molecule is C=C[C@H]1CN2CCc3c([nH]c4c(C5CCCN5C)c(O)ccc34)[C@@H]2C[C@@H]1C[C@H]1c2[nH]c3ccccc3c2CCN1C. The van der Waals surface area contributed by atoms with Crippen molar-refractivity contribution in [2.75, 3.05) is 40.3 Å². The van der Waals surface area contributed by atoms with E-state index in [4.69, 9.17) is 0 Å². The minimum Gasteiger partial charge on any atom is -0.508 e. The smallest absolute Gasteiger partial charge is 0.122 e. The molecular weight excluding hydrogens is 506 g/mol. The van der Waals surface area contributed by atoms with Crippen LogP contribution < -0.4 is 0 Å². The molecule has 6 heteroatoms. The second-order valence-corrected chi connectivity index (χ2v) is 13.3. The number of hydrogen-bond acceptors (Lipinski definition) is 4. The summed E-state index contributed by atoms with van der Waals surface area (Å²) in [4.78, 5) is 15.5. The molecule has 5 atom stereocenters. The molecule has 0 aliphatic carbocycles. The summed E-state index contributed by atoms with van der Waals surface area (Å²) in [7, 11) is 4.50. The third kappa shape index (κ3) is 3.94. The van der Waals surface area contributed by atoms with Crippen molar-refractivity contribution in [2.24, 2.45) is 11.8 Å². The van der Waals surface area contributed by atoms with E-state index in [0.717, 1.165) is 63.8 Å². The number of fused-ring (bicyclic) bond motifs is 8. The molecule has 2 aromatic heterocycles. The number of benzene rings is 2. The molecule has 6 nitrogen and oxygen atoms in total. The molecule has 8 rings (SSSR count). The molecule has 3 N–H and O–H groups in total. The fraction of sp³-hybridized carbons (Fsp3) is 0.486. The zero-order valence-corrected chi connectivity index (χ0v) is 24.5. The van der Waals surface area contributed by atoms with Gasteiger partial charge in [0.1, 0.15) is 5.75 Å². The van der Waals surface area contributed by atoms with Gasteiger partial charge in [-0.05, 0) is 100 Å².